The van der Waals surface area contributed by atoms with Crippen LogP contribution in [0.5, 0.6) is 11.6 Å². The maximum absolute atomic E-state index is 14.0. The maximum atomic E-state index is 14.0. The van der Waals surface area contributed by atoms with Gasteiger partial charge in [-0.1, -0.05) is 24.3 Å². The zero-order valence-electron chi connectivity index (χ0n) is 23.9. The van der Waals surface area contributed by atoms with Gasteiger partial charge in [-0.05, 0) is 99.5 Å². The van der Waals surface area contributed by atoms with Gasteiger partial charge >= 0.3 is 0 Å². The lowest BCUT2D eigenvalue weighted by Crippen LogP contribution is -2.41. The van der Waals surface area contributed by atoms with Crippen molar-refractivity contribution in [1.29, 1.82) is 0 Å². The van der Waals surface area contributed by atoms with Crippen molar-refractivity contribution in [3.05, 3.63) is 66.0 Å². The highest BCUT2D eigenvalue weighted by Gasteiger charge is 2.32. The third-order valence-electron chi connectivity index (χ3n) is 8.78. The molecule has 0 atom stereocenters. The Bertz CT molecular complexity index is 1280. The van der Waals surface area contributed by atoms with Crippen molar-refractivity contribution in [3.8, 4) is 22.9 Å². The fourth-order valence-electron chi connectivity index (χ4n) is 6.36. The monoisotopic (exact) mass is 543 g/mol. The topological polar surface area (TPSA) is 84.8 Å². The van der Waals surface area contributed by atoms with E-state index in [9.17, 15) is 9.90 Å². The van der Waals surface area contributed by atoms with Gasteiger partial charge in [0.25, 0.3) is 0 Å². The van der Waals surface area contributed by atoms with Crippen LogP contribution in [0.25, 0.3) is 11.3 Å². The Morgan fingerprint density at radius 3 is 2.35 bits per heavy atom. The fourth-order valence-corrected chi connectivity index (χ4v) is 6.36. The minimum Gasteiger partial charge on any atom is -0.496 e. The van der Waals surface area contributed by atoms with Gasteiger partial charge in [0, 0.05) is 23.7 Å². The van der Waals surface area contributed by atoms with Crippen LogP contribution in [0, 0.1) is 18.8 Å². The minimum absolute atomic E-state index is 0.0496. The molecule has 212 valence electrons. The summed E-state index contributed by atoms with van der Waals surface area (Å²) < 4.78 is 10.6. The molecule has 0 saturated heterocycles. The summed E-state index contributed by atoms with van der Waals surface area (Å²) >= 11 is 0. The van der Waals surface area contributed by atoms with Gasteiger partial charge in [0.05, 0.1) is 38.4 Å². The molecular formula is C33H41N3O4. The summed E-state index contributed by atoms with van der Waals surface area (Å²) in [5, 5.41) is 10.0. The number of anilines is 1. The summed E-state index contributed by atoms with van der Waals surface area (Å²) in [6.45, 7) is 2.82. The molecule has 2 aromatic carbocycles. The van der Waals surface area contributed by atoms with E-state index in [2.05, 4.69) is 41.2 Å². The third-order valence-corrected chi connectivity index (χ3v) is 8.78. The van der Waals surface area contributed by atoms with E-state index < -0.39 is 0 Å². The first-order valence-corrected chi connectivity index (χ1v) is 14.6. The highest BCUT2D eigenvalue weighted by molar-refractivity contribution is 5.95. The molecule has 0 spiro atoms. The number of ether oxygens (including phenoxy) is 2. The zero-order chi connectivity index (χ0) is 28.1. The van der Waals surface area contributed by atoms with Gasteiger partial charge in [-0.25, -0.2) is 9.97 Å². The molecule has 1 aromatic heterocycles. The number of rotatable bonds is 8. The molecule has 5 rings (SSSR count). The molecule has 1 N–H and O–H groups in total. The number of hydrogen-bond donors (Lipinski definition) is 1. The van der Waals surface area contributed by atoms with Crippen molar-refractivity contribution < 1.29 is 19.4 Å². The smallest absolute Gasteiger partial charge is 0.232 e. The van der Waals surface area contributed by atoms with Crippen LogP contribution in [0.4, 0.5) is 5.69 Å². The van der Waals surface area contributed by atoms with E-state index in [-0.39, 0.29) is 17.9 Å². The molecule has 2 aliphatic carbocycles. The van der Waals surface area contributed by atoms with Gasteiger partial charge in [-0.2, -0.15) is 0 Å². The quantitative estimate of drug-likeness (QED) is 0.358. The SMILES string of the molecule is COc1cnc(-c2cccc(N(CC3CCC(c4ccc(OC)c(C)c4)CC3)C(=O)C3CCC(O)CC3)c2)cn1. The van der Waals surface area contributed by atoms with Crippen molar-refractivity contribution >= 4 is 11.6 Å². The normalized spacial score (nSPS) is 22.9. The van der Waals surface area contributed by atoms with Crippen LogP contribution in [0.1, 0.15) is 68.4 Å². The first-order valence-electron chi connectivity index (χ1n) is 14.6. The van der Waals surface area contributed by atoms with Crippen LogP contribution in [-0.4, -0.2) is 47.8 Å². The number of nitrogens with zero attached hydrogens (tertiary/aromatic N) is 3. The standard InChI is InChI=1S/C33H41N3O4/c1-22-17-26(13-16-31(22)39-2)24-9-7-23(8-10-24)21-36(33(38)25-11-14-29(37)15-12-25)28-6-4-5-27(18-28)30-19-35-32(40-3)20-34-30/h4-6,13,16-20,23-25,29,37H,7-12,14-15,21H2,1-3H3. The predicted octanol–water partition coefficient (Wildman–Crippen LogP) is 6.33. The summed E-state index contributed by atoms with van der Waals surface area (Å²) in [7, 11) is 3.29. The van der Waals surface area contributed by atoms with Gasteiger partial charge in [0.2, 0.25) is 11.8 Å². The Morgan fingerprint density at radius 2 is 1.70 bits per heavy atom. The zero-order valence-corrected chi connectivity index (χ0v) is 23.9. The van der Waals surface area contributed by atoms with Gasteiger partial charge < -0.3 is 19.5 Å². The molecule has 7 heteroatoms. The number of benzene rings is 2. The van der Waals surface area contributed by atoms with E-state index >= 15 is 0 Å². The largest absolute Gasteiger partial charge is 0.496 e. The second-order valence-electron chi connectivity index (χ2n) is 11.4. The number of aliphatic hydroxyl groups is 1. The van der Waals surface area contributed by atoms with Crippen molar-refractivity contribution in [2.45, 2.75) is 70.3 Å². The average molecular weight is 544 g/mol. The number of amides is 1. The van der Waals surface area contributed by atoms with Gasteiger partial charge in [0.15, 0.2) is 0 Å². The number of aliphatic hydroxyl groups excluding tert-OH is 1. The molecule has 1 amide bonds. The molecule has 0 aliphatic heterocycles. The lowest BCUT2D eigenvalue weighted by molar-refractivity contribution is -0.124. The van der Waals surface area contributed by atoms with Crippen LogP contribution in [0.3, 0.4) is 0 Å². The first-order chi connectivity index (χ1) is 19.4. The van der Waals surface area contributed by atoms with Crippen molar-refractivity contribution in [2.75, 3.05) is 25.7 Å². The van der Waals surface area contributed by atoms with Gasteiger partial charge in [0.1, 0.15) is 5.75 Å². The molecule has 2 saturated carbocycles. The third kappa shape index (κ3) is 6.47. The summed E-state index contributed by atoms with van der Waals surface area (Å²) in [6.07, 6.45) is 10.3. The second kappa shape index (κ2) is 12.8. The molecule has 40 heavy (non-hydrogen) atoms. The molecule has 1 heterocycles. The number of aryl methyl sites for hydroxylation is 1. The first kappa shape index (κ1) is 28.1. The maximum Gasteiger partial charge on any atom is 0.232 e. The molecule has 2 fully saturated rings. The van der Waals surface area contributed by atoms with Crippen molar-refractivity contribution in [1.82, 2.24) is 9.97 Å². The molecule has 0 bridgehead atoms. The number of methoxy groups -OCH3 is 2. The van der Waals surface area contributed by atoms with Crippen LogP contribution >= 0.6 is 0 Å². The summed E-state index contributed by atoms with van der Waals surface area (Å²) in [6, 6.07) is 14.6. The van der Waals surface area contributed by atoms with E-state index in [4.69, 9.17) is 9.47 Å². The van der Waals surface area contributed by atoms with Crippen LogP contribution < -0.4 is 14.4 Å². The number of hydrogen-bond acceptors (Lipinski definition) is 6. The molecule has 0 unspecified atom stereocenters. The van der Waals surface area contributed by atoms with E-state index in [0.717, 1.165) is 61.2 Å². The average Bonchev–Trinajstić information content (AvgIpc) is 3.00. The van der Waals surface area contributed by atoms with E-state index in [1.807, 2.05) is 23.1 Å². The van der Waals surface area contributed by atoms with Gasteiger partial charge in [-0.3, -0.25) is 4.79 Å². The van der Waals surface area contributed by atoms with Crippen molar-refractivity contribution in [2.24, 2.45) is 11.8 Å². The van der Waals surface area contributed by atoms with Crippen LogP contribution in [-0.2, 0) is 4.79 Å². The summed E-state index contributed by atoms with van der Waals surface area (Å²) in [5.41, 5.74) is 5.13. The predicted molar refractivity (Wildman–Crippen MR) is 157 cm³/mol. The van der Waals surface area contributed by atoms with E-state index in [0.29, 0.717) is 37.1 Å². The Kier molecular flexibility index (Phi) is 9.00. The molecule has 7 nitrogen and oxygen atoms in total. The Morgan fingerprint density at radius 1 is 0.925 bits per heavy atom. The second-order valence-corrected chi connectivity index (χ2v) is 11.4. The molecular weight excluding hydrogens is 502 g/mol. The molecule has 0 radical (unpaired) electrons. The fraction of sp³-hybridized carbons (Fsp3) is 0.485. The molecule has 3 aromatic rings. The molecule has 2 aliphatic rings. The number of carbonyl (C=O) groups is 1. The lowest BCUT2D eigenvalue weighted by atomic mass is 9.78. The number of carbonyl (C=O) groups excluding carboxylic acids is 1. The van der Waals surface area contributed by atoms with E-state index in [1.54, 1.807) is 26.6 Å². The van der Waals surface area contributed by atoms with E-state index in [1.165, 1.54) is 11.1 Å². The Hall–Kier alpha value is -3.45. The highest BCUT2D eigenvalue weighted by Crippen LogP contribution is 2.39. The minimum atomic E-state index is -0.286. The lowest BCUT2D eigenvalue weighted by Gasteiger charge is -2.36. The Labute approximate surface area is 237 Å². The Balaban J connectivity index is 1.33. The van der Waals surface area contributed by atoms with Crippen LogP contribution in [0.2, 0.25) is 0 Å². The van der Waals surface area contributed by atoms with Crippen molar-refractivity contribution in [3.63, 3.8) is 0 Å². The van der Waals surface area contributed by atoms with Gasteiger partial charge in [-0.15, -0.1) is 0 Å². The number of aromatic nitrogens is 2. The van der Waals surface area contributed by atoms with Crippen LogP contribution in [0.15, 0.2) is 54.9 Å². The summed E-state index contributed by atoms with van der Waals surface area (Å²) in [5.74, 6) is 2.52. The highest BCUT2D eigenvalue weighted by atomic mass is 16.5. The summed E-state index contributed by atoms with van der Waals surface area (Å²) in [4.78, 5) is 24.8.